The van der Waals surface area contributed by atoms with Gasteiger partial charge in [0.15, 0.2) is 0 Å². The number of rotatable bonds is 4. The molecule has 1 N–H and O–H groups in total. The highest BCUT2D eigenvalue weighted by atomic mass is 16.3. The van der Waals surface area contributed by atoms with Crippen LogP contribution in [0.4, 0.5) is 0 Å². The Balaban J connectivity index is 2.19. The maximum absolute atomic E-state index is 9.87. The van der Waals surface area contributed by atoms with Crippen molar-refractivity contribution in [1.29, 1.82) is 0 Å². The van der Waals surface area contributed by atoms with Gasteiger partial charge in [0, 0.05) is 0 Å². The van der Waals surface area contributed by atoms with Crippen LogP contribution in [0.1, 0.15) is 25.1 Å². The summed E-state index contributed by atoms with van der Waals surface area (Å²) < 4.78 is 0. The van der Waals surface area contributed by atoms with E-state index in [0.29, 0.717) is 12.1 Å². The Kier molecular flexibility index (Phi) is 3.35. The molecule has 0 saturated carbocycles. The lowest BCUT2D eigenvalue weighted by Gasteiger charge is -2.05. The van der Waals surface area contributed by atoms with Crippen molar-refractivity contribution < 1.29 is 5.11 Å². The van der Waals surface area contributed by atoms with E-state index in [1.54, 1.807) is 6.20 Å². The Hall–Kier alpha value is -1.94. The fourth-order valence-electron chi connectivity index (χ4n) is 1.55. The average Bonchev–Trinajstić information content (AvgIpc) is 2.78. The molecule has 0 bridgehead atoms. The summed E-state index contributed by atoms with van der Waals surface area (Å²) in [6.45, 7) is 5.65. The molecular weight excluding hydrogens is 214 g/mol. The lowest BCUT2D eigenvalue weighted by molar-refractivity contribution is 0.173. The second-order valence-electron chi connectivity index (χ2n) is 4.07. The molecule has 0 aliphatic heterocycles. The van der Waals surface area contributed by atoms with E-state index < -0.39 is 6.10 Å². The molecule has 1 heterocycles. The number of aliphatic hydroxyl groups excluding tert-OH is 1. The zero-order chi connectivity index (χ0) is 12.3. The predicted octanol–water partition coefficient (Wildman–Crippen LogP) is 2.27. The van der Waals surface area contributed by atoms with Crippen molar-refractivity contribution in [2.24, 2.45) is 0 Å². The molecule has 0 saturated heterocycles. The van der Waals surface area contributed by atoms with E-state index in [1.807, 2.05) is 37.3 Å². The lowest BCUT2D eigenvalue weighted by Crippen LogP contribution is -2.02. The number of aliphatic hydroxyl groups is 1. The molecular formula is C13H15N3O. The van der Waals surface area contributed by atoms with Crippen LogP contribution in [-0.2, 0) is 0 Å². The summed E-state index contributed by atoms with van der Waals surface area (Å²) in [4.78, 5) is 1.51. The number of hydrogen-bond acceptors (Lipinski definition) is 3. The summed E-state index contributed by atoms with van der Waals surface area (Å²) in [6.07, 6.45) is 1.46. The summed E-state index contributed by atoms with van der Waals surface area (Å²) in [5.74, 6) is 0. The third kappa shape index (κ3) is 2.79. The Labute approximate surface area is 100 Å². The van der Waals surface area contributed by atoms with Gasteiger partial charge in [-0.25, -0.2) is 0 Å². The molecule has 0 amide bonds. The standard InChI is InChI=1S/C13H15N3O/c1-10(2)8-13(17)12-9-14-16(15-12)11-6-4-3-5-7-11/h3-7,9,13,17H,1,8H2,2H3. The molecule has 4 heteroatoms. The number of hydrogen-bond donors (Lipinski definition) is 1. The highest BCUT2D eigenvalue weighted by Crippen LogP contribution is 2.17. The first-order valence-corrected chi connectivity index (χ1v) is 5.47. The maximum atomic E-state index is 9.87. The third-order valence-electron chi connectivity index (χ3n) is 2.38. The smallest absolute Gasteiger partial charge is 0.112 e. The minimum atomic E-state index is -0.634. The van der Waals surface area contributed by atoms with Gasteiger partial charge in [0.25, 0.3) is 0 Å². The first-order valence-electron chi connectivity index (χ1n) is 5.47. The van der Waals surface area contributed by atoms with Crippen LogP contribution >= 0.6 is 0 Å². The van der Waals surface area contributed by atoms with E-state index in [0.717, 1.165) is 11.3 Å². The molecule has 17 heavy (non-hydrogen) atoms. The summed E-state index contributed by atoms with van der Waals surface area (Å²) in [5, 5.41) is 18.3. The van der Waals surface area contributed by atoms with Crippen molar-refractivity contribution >= 4 is 0 Å². The molecule has 2 rings (SSSR count). The van der Waals surface area contributed by atoms with Gasteiger partial charge in [-0.1, -0.05) is 23.8 Å². The highest BCUT2D eigenvalue weighted by Gasteiger charge is 2.12. The Morgan fingerprint density at radius 3 is 2.76 bits per heavy atom. The maximum Gasteiger partial charge on any atom is 0.112 e. The first kappa shape index (κ1) is 11.5. The van der Waals surface area contributed by atoms with Crippen LogP contribution in [0.15, 0.2) is 48.7 Å². The van der Waals surface area contributed by atoms with Crippen LogP contribution in [0, 0.1) is 0 Å². The molecule has 0 aliphatic carbocycles. The van der Waals surface area contributed by atoms with Crippen molar-refractivity contribution in [1.82, 2.24) is 15.0 Å². The van der Waals surface area contributed by atoms with Crippen LogP contribution in [-0.4, -0.2) is 20.1 Å². The molecule has 0 fully saturated rings. The van der Waals surface area contributed by atoms with Crippen LogP contribution in [0.3, 0.4) is 0 Å². The van der Waals surface area contributed by atoms with Crippen molar-refractivity contribution in [3.8, 4) is 5.69 Å². The van der Waals surface area contributed by atoms with E-state index in [9.17, 15) is 5.11 Å². The van der Waals surface area contributed by atoms with E-state index in [4.69, 9.17) is 0 Å². The van der Waals surface area contributed by atoms with Crippen molar-refractivity contribution in [2.75, 3.05) is 0 Å². The van der Waals surface area contributed by atoms with Gasteiger partial charge in [0.05, 0.1) is 11.9 Å². The van der Waals surface area contributed by atoms with E-state index in [1.165, 1.54) is 4.80 Å². The van der Waals surface area contributed by atoms with Gasteiger partial charge in [-0.15, -0.1) is 6.58 Å². The minimum absolute atomic E-state index is 0.507. The topological polar surface area (TPSA) is 50.9 Å². The quantitative estimate of drug-likeness (QED) is 0.818. The molecule has 88 valence electrons. The largest absolute Gasteiger partial charge is 0.386 e. The van der Waals surface area contributed by atoms with Crippen LogP contribution in [0.5, 0.6) is 0 Å². The molecule has 0 radical (unpaired) electrons. The SMILES string of the molecule is C=C(C)CC(O)c1cnn(-c2ccccc2)n1. The summed E-state index contributed by atoms with van der Waals surface area (Å²) in [5.41, 5.74) is 2.37. The third-order valence-corrected chi connectivity index (χ3v) is 2.38. The Morgan fingerprint density at radius 2 is 2.12 bits per heavy atom. The summed E-state index contributed by atoms with van der Waals surface area (Å²) in [7, 11) is 0. The fraction of sp³-hybridized carbons (Fsp3) is 0.231. The van der Waals surface area contributed by atoms with Gasteiger partial charge in [-0.2, -0.15) is 15.0 Å². The van der Waals surface area contributed by atoms with Gasteiger partial charge in [0.2, 0.25) is 0 Å². The zero-order valence-corrected chi connectivity index (χ0v) is 9.74. The van der Waals surface area contributed by atoms with Gasteiger partial charge in [0.1, 0.15) is 11.8 Å². The molecule has 1 aromatic heterocycles. The zero-order valence-electron chi connectivity index (χ0n) is 9.74. The molecule has 4 nitrogen and oxygen atoms in total. The Bertz CT molecular complexity index is 504. The minimum Gasteiger partial charge on any atom is -0.386 e. The molecule has 2 aromatic rings. The first-order chi connectivity index (χ1) is 8.16. The number of para-hydroxylation sites is 1. The van der Waals surface area contributed by atoms with Gasteiger partial charge < -0.3 is 5.11 Å². The fourth-order valence-corrected chi connectivity index (χ4v) is 1.55. The number of nitrogens with zero attached hydrogens (tertiary/aromatic N) is 3. The second kappa shape index (κ2) is 4.93. The van der Waals surface area contributed by atoms with Gasteiger partial charge in [-0.3, -0.25) is 0 Å². The molecule has 1 aromatic carbocycles. The lowest BCUT2D eigenvalue weighted by atomic mass is 10.1. The highest BCUT2D eigenvalue weighted by molar-refractivity contribution is 5.28. The van der Waals surface area contributed by atoms with Crippen LogP contribution in [0.25, 0.3) is 5.69 Å². The number of benzene rings is 1. The predicted molar refractivity (Wildman–Crippen MR) is 65.7 cm³/mol. The average molecular weight is 229 g/mol. The molecule has 1 unspecified atom stereocenters. The van der Waals surface area contributed by atoms with Gasteiger partial charge >= 0.3 is 0 Å². The monoisotopic (exact) mass is 229 g/mol. The normalized spacial score (nSPS) is 12.4. The summed E-state index contributed by atoms with van der Waals surface area (Å²) >= 11 is 0. The van der Waals surface area contributed by atoms with Crippen LogP contribution < -0.4 is 0 Å². The molecule has 0 spiro atoms. The van der Waals surface area contributed by atoms with Gasteiger partial charge in [-0.05, 0) is 25.5 Å². The molecule has 0 aliphatic rings. The summed E-state index contributed by atoms with van der Waals surface area (Å²) in [6, 6.07) is 9.60. The number of aromatic nitrogens is 3. The Morgan fingerprint density at radius 1 is 1.41 bits per heavy atom. The van der Waals surface area contributed by atoms with Crippen molar-refractivity contribution in [3.63, 3.8) is 0 Å². The van der Waals surface area contributed by atoms with Crippen molar-refractivity contribution in [3.05, 3.63) is 54.4 Å². The van der Waals surface area contributed by atoms with E-state index >= 15 is 0 Å². The van der Waals surface area contributed by atoms with Crippen LogP contribution in [0.2, 0.25) is 0 Å². The van der Waals surface area contributed by atoms with E-state index in [-0.39, 0.29) is 0 Å². The van der Waals surface area contributed by atoms with Crippen molar-refractivity contribution in [2.45, 2.75) is 19.4 Å². The van der Waals surface area contributed by atoms with E-state index in [2.05, 4.69) is 16.8 Å². The second-order valence-corrected chi connectivity index (χ2v) is 4.07. The molecule has 1 atom stereocenters.